The first-order valence-electron chi connectivity index (χ1n) is 10.6. The molecule has 3 aromatic heterocycles. The van der Waals surface area contributed by atoms with Gasteiger partial charge in [0.15, 0.2) is 0 Å². The highest BCUT2D eigenvalue weighted by atomic mass is 32.1. The minimum atomic E-state index is -0.0703. The third-order valence-electron chi connectivity index (χ3n) is 5.50. The lowest BCUT2D eigenvalue weighted by Crippen LogP contribution is -2.44. The Kier molecular flexibility index (Phi) is 6.42. The van der Waals surface area contributed by atoms with Crippen molar-refractivity contribution in [3.63, 3.8) is 0 Å². The SMILES string of the molecule is CCc1nc(-c2cccnc2N2CCC[C@@H](C(=O)N[C@H](CC)c3cccs3)C2)no1. The van der Waals surface area contributed by atoms with Crippen LogP contribution < -0.4 is 10.2 Å². The van der Waals surface area contributed by atoms with Gasteiger partial charge in [0.2, 0.25) is 17.6 Å². The second-order valence-corrected chi connectivity index (χ2v) is 8.49. The number of thiophene rings is 1. The van der Waals surface area contributed by atoms with E-state index in [9.17, 15) is 4.79 Å². The number of carbonyl (C=O) groups is 1. The van der Waals surface area contributed by atoms with Crippen molar-refractivity contribution in [3.05, 3.63) is 46.6 Å². The largest absolute Gasteiger partial charge is 0.355 e. The lowest BCUT2D eigenvalue weighted by Gasteiger charge is -2.34. The van der Waals surface area contributed by atoms with Crippen LogP contribution >= 0.6 is 11.3 Å². The first-order valence-corrected chi connectivity index (χ1v) is 11.4. The molecule has 0 spiro atoms. The highest BCUT2D eigenvalue weighted by Gasteiger charge is 2.29. The molecule has 7 nitrogen and oxygen atoms in total. The Balaban J connectivity index is 1.50. The van der Waals surface area contributed by atoms with Gasteiger partial charge in [0.25, 0.3) is 0 Å². The number of nitrogens with zero attached hydrogens (tertiary/aromatic N) is 4. The van der Waals surface area contributed by atoms with Crippen molar-refractivity contribution in [2.24, 2.45) is 5.92 Å². The molecular formula is C22H27N5O2S. The number of hydrogen-bond donors (Lipinski definition) is 1. The van der Waals surface area contributed by atoms with Crippen molar-refractivity contribution in [1.29, 1.82) is 0 Å². The molecule has 0 aromatic carbocycles. The molecule has 1 amide bonds. The summed E-state index contributed by atoms with van der Waals surface area (Å²) in [6.45, 7) is 5.58. The summed E-state index contributed by atoms with van der Waals surface area (Å²) in [5.74, 6) is 2.01. The molecule has 0 bridgehead atoms. The molecule has 4 rings (SSSR count). The molecule has 0 radical (unpaired) electrons. The number of amides is 1. The number of aryl methyl sites for hydroxylation is 1. The molecule has 4 heterocycles. The molecule has 0 saturated carbocycles. The zero-order chi connectivity index (χ0) is 20.9. The van der Waals surface area contributed by atoms with Crippen LogP contribution in [0.15, 0.2) is 40.4 Å². The number of nitrogens with one attached hydrogen (secondary N) is 1. The van der Waals surface area contributed by atoms with Crippen LogP contribution in [-0.4, -0.2) is 34.1 Å². The summed E-state index contributed by atoms with van der Waals surface area (Å²) in [6.07, 6.45) is 5.17. The molecule has 2 atom stereocenters. The highest BCUT2D eigenvalue weighted by Crippen LogP contribution is 2.31. The second kappa shape index (κ2) is 9.38. The van der Waals surface area contributed by atoms with Gasteiger partial charge in [0, 0.05) is 30.6 Å². The number of rotatable bonds is 7. The van der Waals surface area contributed by atoms with Crippen molar-refractivity contribution in [2.75, 3.05) is 18.0 Å². The van der Waals surface area contributed by atoms with E-state index in [1.165, 1.54) is 4.88 Å². The topological polar surface area (TPSA) is 84.2 Å². The normalized spacial score (nSPS) is 17.7. The van der Waals surface area contributed by atoms with Crippen LogP contribution in [0.4, 0.5) is 5.82 Å². The second-order valence-electron chi connectivity index (χ2n) is 7.51. The summed E-state index contributed by atoms with van der Waals surface area (Å²) in [5.41, 5.74) is 0.840. The summed E-state index contributed by atoms with van der Waals surface area (Å²) >= 11 is 1.69. The molecule has 1 aliphatic heterocycles. The van der Waals surface area contributed by atoms with Gasteiger partial charge in [-0.1, -0.05) is 25.1 Å². The lowest BCUT2D eigenvalue weighted by atomic mass is 9.96. The maximum absolute atomic E-state index is 13.0. The fraction of sp³-hybridized carbons (Fsp3) is 0.455. The van der Waals surface area contributed by atoms with Crippen molar-refractivity contribution in [1.82, 2.24) is 20.4 Å². The molecule has 1 saturated heterocycles. The van der Waals surface area contributed by atoms with Crippen molar-refractivity contribution < 1.29 is 9.32 Å². The summed E-state index contributed by atoms with van der Waals surface area (Å²) in [6, 6.07) is 8.02. The van der Waals surface area contributed by atoms with Gasteiger partial charge >= 0.3 is 0 Å². The summed E-state index contributed by atoms with van der Waals surface area (Å²) < 4.78 is 5.29. The number of carbonyl (C=O) groups excluding carboxylic acids is 1. The van der Waals surface area contributed by atoms with Crippen LogP contribution in [0.3, 0.4) is 0 Å². The van der Waals surface area contributed by atoms with Crippen LogP contribution in [0.25, 0.3) is 11.4 Å². The smallest absolute Gasteiger partial charge is 0.226 e. The van der Waals surface area contributed by atoms with Crippen molar-refractivity contribution in [3.8, 4) is 11.4 Å². The third-order valence-corrected chi connectivity index (χ3v) is 6.49. The average molecular weight is 426 g/mol. The van der Waals surface area contributed by atoms with E-state index in [-0.39, 0.29) is 17.9 Å². The molecule has 30 heavy (non-hydrogen) atoms. The predicted octanol–water partition coefficient (Wildman–Crippen LogP) is 4.24. The summed E-state index contributed by atoms with van der Waals surface area (Å²) in [5, 5.41) is 9.42. The van der Waals surface area contributed by atoms with E-state index in [1.54, 1.807) is 17.5 Å². The van der Waals surface area contributed by atoms with Gasteiger partial charge in [-0.05, 0) is 42.8 Å². The Bertz CT molecular complexity index is 972. The molecule has 8 heteroatoms. The zero-order valence-electron chi connectivity index (χ0n) is 17.4. The predicted molar refractivity (Wildman–Crippen MR) is 117 cm³/mol. The van der Waals surface area contributed by atoms with Gasteiger partial charge in [-0.3, -0.25) is 4.79 Å². The number of pyridine rings is 1. The Morgan fingerprint density at radius 1 is 1.37 bits per heavy atom. The maximum atomic E-state index is 13.0. The zero-order valence-corrected chi connectivity index (χ0v) is 18.2. The van der Waals surface area contributed by atoms with Crippen LogP contribution in [0.5, 0.6) is 0 Å². The van der Waals surface area contributed by atoms with Crippen molar-refractivity contribution >= 4 is 23.1 Å². The van der Waals surface area contributed by atoms with Gasteiger partial charge in [0.1, 0.15) is 5.82 Å². The maximum Gasteiger partial charge on any atom is 0.226 e. The quantitative estimate of drug-likeness (QED) is 0.610. The molecule has 0 unspecified atom stereocenters. The Labute approximate surface area is 180 Å². The van der Waals surface area contributed by atoms with Gasteiger partial charge < -0.3 is 14.7 Å². The molecule has 1 fully saturated rings. The molecule has 158 valence electrons. The van der Waals surface area contributed by atoms with E-state index < -0.39 is 0 Å². The van der Waals surface area contributed by atoms with E-state index in [0.717, 1.165) is 37.2 Å². The van der Waals surface area contributed by atoms with Gasteiger partial charge in [-0.2, -0.15) is 4.98 Å². The van der Waals surface area contributed by atoms with E-state index in [1.807, 2.05) is 25.1 Å². The highest BCUT2D eigenvalue weighted by molar-refractivity contribution is 7.10. The lowest BCUT2D eigenvalue weighted by molar-refractivity contribution is -0.126. The van der Waals surface area contributed by atoms with E-state index in [0.29, 0.717) is 24.7 Å². The van der Waals surface area contributed by atoms with Gasteiger partial charge in [-0.25, -0.2) is 4.98 Å². The monoisotopic (exact) mass is 425 g/mol. The van der Waals surface area contributed by atoms with Crippen LogP contribution in [0, 0.1) is 5.92 Å². The minimum absolute atomic E-state index is 0.0703. The molecule has 1 N–H and O–H groups in total. The molecular weight excluding hydrogens is 398 g/mol. The first-order chi connectivity index (χ1) is 14.7. The van der Waals surface area contributed by atoms with Crippen LogP contribution in [0.1, 0.15) is 49.9 Å². The number of hydrogen-bond acceptors (Lipinski definition) is 7. The van der Waals surface area contributed by atoms with Crippen LogP contribution in [0.2, 0.25) is 0 Å². The number of aromatic nitrogens is 3. The Morgan fingerprint density at radius 3 is 3.00 bits per heavy atom. The summed E-state index contributed by atoms with van der Waals surface area (Å²) in [7, 11) is 0. The van der Waals surface area contributed by atoms with Gasteiger partial charge in [0.05, 0.1) is 17.5 Å². The fourth-order valence-electron chi connectivity index (χ4n) is 3.87. The molecule has 0 aliphatic carbocycles. The Hall–Kier alpha value is -2.74. The molecule has 3 aromatic rings. The van der Waals surface area contributed by atoms with Gasteiger partial charge in [-0.15, -0.1) is 11.3 Å². The van der Waals surface area contributed by atoms with E-state index >= 15 is 0 Å². The standard InChI is InChI=1S/C22H27N5O2S/c1-3-17(18-10-7-13-30-18)24-22(28)15-8-6-12-27(14-15)21-16(9-5-11-23-21)20-25-19(4-2)29-26-20/h5,7,9-11,13,15,17H,3-4,6,8,12,14H2,1-2H3,(H,24,28)/t15-,17-/m1/s1. The van der Waals surface area contributed by atoms with Crippen molar-refractivity contribution in [2.45, 2.75) is 45.6 Å². The molecule has 1 aliphatic rings. The number of piperidine rings is 1. The summed E-state index contributed by atoms with van der Waals surface area (Å²) in [4.78, 5) is 25.5. The average Bonchev–Trinajstić information content (AvgIpc) is 3.49. The minimum Gasteiger partial charge on any atom is -0.355 e. The van der Waals surface area contributed by atoms with E-state index in [2.05, 4.69) is 43.7 Å². The third kappa shape index (κ3) is 4.38. The first kappa shape index (κ1) is 20.5. The number of anilines is 1. The van der Waals surface area contributed by atoms with E-state index in [4.69, 9.17) is 4.52 Å². The van der Waals surface area contributed by atoms with Crippen LogP contribution in [-0.2, 0) is 11.2 Å². The fourth-order valence-corrected chi connectivity index (χ4v) is 4.73. The Morgan fingerprint density at radius 2 is 2.27 bits per heavy atom.